The second-order valence-corrected chi connectivity index (χ2v) is 6.74. The average molecular weight is 398 g/mol. The molecule has 2 amide bonds. The molecule has 3 nitrogen and oxygen atoms in total. The topological polar surface area (TPSA) is 41.5 Å². The van der Waals surface area contributed by atoms with Crippen molar-refractivity contribution in [2.24, 2.45) is 4.99 Å². The average Bonchev–Trinajstić information content (AvgIpc) is 2.90. The summed E-state index contributed by atoms with van der Waals surface area (Å²) in [6.07, 6.45) is 0. The van der Waals surface area contributed by atoms with E-state index in [-0.39, 0.29) is 16.9 Å². The van der Waals surface area contributed by atoms with Crippen molar-refractivity contribution >= 4 is 50.9 Å². The number of hydrogen-bond donors (Lipinski definition) is 1. The summed E-state index contributed by atoms with van der Waals surface area (Å²) in [4.78, 5) is 15.7. The summed E-state index contributed by atoms with van der Waals surface area (Å²) in [6.45, 7) is 0. The van der Waals surface area contributed by atoms with Gasteiger partial charge >= 0.3 is 6.03 Å². The molecule has 2 atom stereocenters. The highest BCUT2D eigenvalue weighted by Gasteiger charge is 2.33. The van der Waals surface area contributed by atoms with Gasteiger partial charge in [-0.15, -0.1) is 0 Å². The lowest BCUT2D eigenvalue weighted by molar-refractivity contribution is 0.250. The maximum absolute atomic E-state index is 11.7. The number of aliphatic imine (C=N–C) groups is 1. The minimum absolute atomic E-state index is 0.106. The number of hydrogen-bond acceptors (Lipinski definition) is 1. The van der Waals surface area contributed by atoms with Crippen LogP contribution in [0.4, 0.5) is 4.79 Å². The number of rotatable bonds is 3. The van der Waals surface area contributed by atoms with Crippen LogP contribution in [-0.2, 0) is 0 Å². The Kier molecular flexibility index (Phi) is 4.52. The SMILES string of the molecule is O=C1N=C(c2ccc(Cl)cc2)C(C(Br)c2ccc(Cl)cc2)N1. The number of amides is 2. The third kappa shape index (κ3) is 3.19. The first-order valence-electron chi connectivity index (χ1n) is 6.59. The number of carbonyl (C=O) groups is 1. The highest BCUT2D eigenvalue weighted by atomic mass is 79.9. The molecule has 1 N–H and O–H groups in total. The Balaban J connectivity index is 1.92. The highest BCUT2D eigenvalue weighted by Crippen LogP contribution is 2.31. The van der Waals surface area contributed by atoms with Gasteiger partial charge in [-0.2, -0.15) is 4.99 Å². The van der Waals surface area contributed by atoms with E-state index in [1.165, 1.54) is 0 Å². The number of nitrogens with one attached hydrogen (secondary N) is 1. The predicted molar refractivity (Wildman–Crippen MR) is 93.4 cm³/mol. The molecule has 2 unspecified atom stereocenters. The van der Waals surface area contributed by atoms with Gasteiger partial charge in [-0.25, -0.2) is 4.79 Å². The van der Waals surface area contributed by atoms with E-state index in [1.54, 1.807) is 12.1 Å². The Morgan fingerprint density at radius 1 is 1.00 bits per heavy atom. The molecule has 0 aliphatic carbocycles. The van der Waals surface area contributed by atoms with Crippen LogP contribution in [0.5, 0.6) is 0 Å². The molecule has 2 aromatic rings. The van der Waals surface area contributed by atoms with Gasteiger partial charge in [-0.1, -0.05) is 63.4 Å². The third-order valence-electron chi connectivity index (χ3n) is 3.42. The summed E-state index contributed by atoms with van der Waals surface area (Å²) in [6, 6.07) is 14.2. The lowest BCUT2D eigenvalue weighted by Crippen LogP contribution is -2.36. The quantitative estimate of drug-likeness (QED) is 0.726. The molecule has 3 rings (SSSR count). The van der Waals surface area contributed by atoms with E-state index in [4.69, 9.17) is 23.2 Å². The molecule has 0 saturated heterocycles. The number of nitrogens with zero attached hydrogens (tertiary/aromatic N) is 1. The summed E-state index contributed by atoms with van der Waals surface area (Å²) < 4.78 is 0. The number of alkyl halides is 1. The van der Waals surface area contributed by atoms with Crippen LogP contribution < -0.4 is 5.32 Å². The van der Waals surface area contributed by atoms with Crippen LogP contribution in [0, 0.1) is 0 Å². The smallest absolute Gasteiger partial charge is 0.326 e. The number of halogens is 3. The van der Waals surface area contributed by atoms with E-state index in [0.29, 0.717) is 15.8 Å². The van der Waals surface area contributed by atoms with Gasteiger partial charge in [-0.3, -0.25) is 0 Å². The van der Waals surface area contributed by atoms with Crippen molar-refractivity contribution in [1.29, 1.82) is 0 Å². The molecule has 1 aliphatic heterocycles. The fraction of sp³-hybridized carbons (Fsp3) is 0.125. The Hall–Kier alpha value is -1.36. The Morgan fingerprint density at radius 2 is 1.55 bits per heavy atom. The summed E-state index contributed by atoms with van der Waals surface area (Å²) in [5.74, 6) is 0. The fourth-order valence-electron chi connectivity index (χ4n) is 2.33. The molecule has 0 bridgehead atoms. The van der Waals surface area contributed by atoms with E-state index in [2.05, 4.69) is 26.2 Å². The van der Waals surface area contributed by atoms with Gasteiger partial charge in [0.25, 0.3) is 0 Å². The Morgan fingerprint density at radius 3 is 2.14 bits per heavy atom. The van der Waals surface area contributed by atoms with Gasteiger partial charge in [0.2, 0.25) is 0 Å². The first-order valence-corrected chi connectivity index (χ1v) is 8.26. The molecule has 0 radical (unpaired) electrons. The van der Waals surface area contributed by atoms with E-state index < -0.39 is 0 Å². The van der Waals surface area contributed by atoms with Crippen molar-refractivity contribution in [3.05, 3.63) is 69.7 Å². The molecule has 112 valence electrons. The molecule has 2 aromatic carbocycles. The van der Waals surface area contributed by atoms with Crippen molar-refractivity contribution in [2.45, 2.75) is 10.9 Å². The largest absolute Gasteiger partial charge is 0.341 e. The summed E-state index contributed by atoms with van der Waals surface area (Å²) in [5, 5.41) is 4.19. The molecule has 0 saturated carbocycles. The number of carbonyl (C=O) groups excluding carboxylic acids is 1. The van der Waals surface area contributed by atoms with E-state index >= 15 is 0 Å². The molecule has 0 aromatic heterocycles. The van der Waals surface area contributed by atoms with Crippen LogP contribution in [0.15, 0.2) is 53.5 Å². The first kappa shape index (κ1) is 15.5. The zero-order valence-corrected chi connectivity index (χ0v) is 14.4. The fourth-order valence-corrected chi connectivity index (χ4v) is 3.27. The van der Waals surface area contributed by atoms with Crippen molar-refractivity contribution in [3.63, 3.8) is 0 Å². The maximum atomic E-state index is 11.7. The Bertz CT molecular complexity index is 729. The van der Waals surface area contributed by atoms with Gasteiger partial charge in [-0.05, 0) is 35.4 Å². The van der Waals surface area contributed by atoms with Crippen molar-refractivity contribution < 1.29 is 4.79 Å². The Labute approximate surface area is 146 Å². The molecule has 1 heterocycles. The summed E-state index contributed by atoms with van der Waals surface area (Å²) in [7, 11) is 0. The minimum Gasteiger partial charge on any atom is -0.326 e. The number of benzene rings is 2. The number of urea groups is 1. The second kappa shape index (κ2) is 6.41. The first-order chi connectivity index (χ1) is 10.5. The molecular formula is C16H11BrCl2N2O. The van der Waals surface area contributed by atoms with Gasteiger partial charge in [0.05, 0.1) is 16.6 Å². The molecular weight excluding hydrogens is 387 g/mol. The van der Waals surface area contributed by atoms with Crippen LogP contribution in [0.2, 0.25) is 10.0 Å². The van der Waals surface area contributed by atoms with Crippen molar-refractivity contribution in [1.82, 2.24) is 5.32 Å². The maximum Gasteiger partial charge on any atom is 0.341 e. The van der Waals surface area contributed by atoms with Crippen LogP contribution in [0.25, 0.3) is 0 Å². The zero-order valence-electron chi connectivity index (χ0n) is 11.3. The van der Waals surface area contributed by atoms with Crippen molar-refractivity contribution in [3.8, 4) is 0 Å². The van der Waals surface area contributed by atoms with Crippen LogP contribution >= 0.6 is 39.1 Å². The van der Waals surface area contributed by atoms with Gasteiger partial charge in [0.15, 0.2) is 0 Å². The third-order valence-corrected chi connectivity index (χ3v) is 4.98. The normalized spacial score (nSPS) is 18.8. The van der Waals surface area contributed by atoms with Crippen molar-refractivity contribution in [2.75, 3.05) is 0 Å². The standard InChI is InChI=1S/C16H11BrCl2N2O/c17-13(9-1-5-11(18)6-2-9)15-14(20-16(22)21-15)10-3-7-12(19)8-4-10/h1-8,13,15H,(H,21,22). The van der Waals surface area contributed by atoms with E-state index in [1.807, 2.05) is 36.4 Å². The molecule has 22 heavy (non-hydrogen) atoms. The van der Waals surface area contributed by atoms with E-state index in [0.717, 1.165) is 11.1 Å². The molecule has 1 aliphatic rings. The van der Waals surface area contributed by atoms with Crippen LogP contribution in [-0.4, -0.2) is 17.8 Å². The molecule has 0 fully saturated rings. The highest BCUT2D eigenvalue weighted by molar-refractivity contribution is 9.09. The zero-order chi connectivity index (χ0) is 15.7. The predicted octanol–water partition coefficient (Wildman–Crippen LogP) is 5.01. The summed E-state index contributed by atoms with van der Waals surface area (Å²) in [5.41, 5.74) is 2.57. The van der Waals surface area contributed by atoms with Crippen LogP contribution in [0.3, 0.4) is 0 Å². The lowest BCUT2D eigenvalue weighted by Gasteiger charge is -2.20. The van der Waals surface area contributed by atoms with Gasteiger partial charge in [0, 0.05) is 10.0 Å². The summed E-state index contributed by atoms with van der Waals surface area (Å²) >= 11 is 15.5. The second-order valence-electron chi connectivity index (χ2n) is 4.88. The molecule has 6 heteroatoms. The molecule has 0 spiro atoms. The van der Waals surface area contributed by atoms with Gasteiger partial charge < -0.3 is 5.32 Å². The van der Waals surface area contributed by atoms with E-state index in [9.17, 15) is 4.79 Å². The van der Waals surface area contributed by atoms with Gasteiger partial charge in [0.1, 0.15) is 0 Å². The monoisotopic (exact) mass is 396 g/mol. The lowest BCUT2D eigenvalue weighted by atomic mass is 9.97. The minimum atomic E-state index is -0.339. The van der Waals surface area contributed by atoms with Crippen LogP contribution in [0.1, 0.15) is 16.0 Å².